The van der Waals surface area contributed by atoms with Crippen molar-refractivity contribution in [2.75, 3.05) is 0 Å². The number of benzene rings is 1. The van der Waals surface area contributed by atoms with E-state index in [4.69, 9.17) is 0 Å². The van der Waals surface area contributed by atoms with Crippen molar-refractivity contribution >= 4 is 11.6 Å². The van der Waals surface area contributed by atoms with Crippen LogP contribution in [0.4, 0.5) is 0 Å². The highest BCUT2D eigenvalue weighted by Crippen LogP contribution is 2.14. The molecule has 2 nitrogen and oxygen atoms in total. The second kappa shape index (κ2) is 3.52. The van der Waals surface area contributed by atoms with Crippen molar-refractivity contribution < 1.29 is 9.59 Å². The molecule has 0 N–H and O–H groups in total. The SMILES string of the molecule is CC(=O)c1cccc(C(C)=O)c1C. The molecule has 0 amide bonds. The molecule has 2 heteroatoms. The van der Waals surface area contributed by atoms with Crippen LogP contribution < -0.4 is 0 Å². The van der Waals surface area contributed by atoms with Crippen LogP contribution in [-0.2, 0) is 0 Å². The second-order valence-corrected chi connectivity index (χ2v) is 3.09. The average Bonchev–Trinajstić information content (AvgIpc) is 2.03. The van der Waals surface area contributed by atoms with Crippen LogP contribution in [0.25, 0.3) is 0 Å². The van der Waals surface area contributed by atoms with Crippen LogP contribution >= 0.6 is 0 Å². The first-order valence-corrected chi connectivity index (χ1v) is 4.15. The van der Waals surface area contributed by atoms with Crippen LogP contribution in [0, 0.1) is 6.92 Å². The van der Waals surface area contributed by atoms with Gasteiger partial charge in [0.1, 0.15) is 0 Å². The first-order valence-electron chi connectivity index (χ1n) is 4.15. The van der Waals surface area contributed by atoms with Crippen molar-refractivity contribution in [1.82, 2.24) is 0 Å². The summed E-state index contributed by atoms with van der Waals surface area (Å²) in [5.74, 6) is 0.00111. The molecule has 0 aliphatic heterocycles. The summed E-state index contributed by atoms with van der Waals surface area (Å²) in [5.41, 5.74) is 2.04. The van der Waals surface area contributed by atoms with E-state index in [1.165, 1.54) is 13.8 Å². The molecule has 0 atom stereocenters. The van der Waals surface area contributed by atoms with Gasteiger partial charge in [-0.05, 0) is 26.3 Å². The summed E-state index contributed by atoms with van der Waals surface area (Å²) >= 11 is 0. The Morgan fingerprint density at radius 3 is 1.69 bits per heavy atom. The Morgan fingerprint density at radius 1 is 1.00 bits per heavy atom. The van der Waals surface area contributed by atoms with Crippen LogP contribution in [0.3, 0.4) is 0 Å². The lowest BCUT2D eigenvalue weighted by molar-refractivity contribution is 0.101. The molecule has 13 heavy (non-hydrogen) atoms. The Morgan fingerprint density at radius 2 is 1.38 bits per heavy atom. The molecule has 1 rings (SSSR count). The molecule has 0 spiro atoms. The monoisotopic (exact) mass is 176 g/mol. The third-order valence-electron chi connectivity index (χ3n) is 2.09. The quantitative estimate of drug-likeness (QED) is 0.648. The minimum absolute atomic E-state index is 0.000556. The van der Waals surface area contributed by atoms with E-state index in [1.54, 1.807) is 25.1 Å². The van der Waals surface area contributed by atoms with E-state index < -0.39 is 0 Å². The largest absolute Gasteiger partial charge is 0.295 e. The molecule has 0 aliphatic carbocycles. The average molecular weight is 176 g/mol. The van der Waals surface area contributed by atoms with Gasteiger partial charge in [-0.3, -0.25) is 9.59 Å². The van der Waals surface area contributed by atoms with E-state index in [9.17, 15) is 9.59 Å². The summed E-state index contributed by atoms with van der Waals surface area (Å²) in [6.45, 7) is 4.81. The third-order valence-corrected chi connectivity index (χ3v) is 2.09. The first-order chi connectivity index (χ1) is 6.04. The second-order valence-electron chi connectivity index (χ2n) is 3.09. The Kier molecular flexibility index (Phi) is 2.61. The van der Waals surface area contributed by atoms with Crippen LogP contribution in [-0.4, -0.2) is 11.6 Å². The van der Waals surface area contributed by atoms with Gasteiger partial charge >= 0.3 is 0 Å². The molecule has 1 aromatic carbocycles. The number of hydrogen-bond donors (Lipinski definition) is 0. The maximum Gasteiger partial charge on any atom is 0.160 e. The Bertz CT molecular complexity index is 332. The summed E-state index contributed by atoms with van der Waals surface area (Å²) in [5, 5.41) is 0. The third kappa shape index (κ3) is 1.83. The predicted octanol–water partition coefficient (Wildman–Crippen LogP) is 2.40. The number of hydrogen-bond acceptors (Lipinski definition) is 2. The summed E-state index contributed by atoms with van der Waals surface area (Å²) in [6, 6.07) is 5.22. The van der Waals surface area contributed by atoms with E-state index in [0.29, 0.717) is 11.1 Å². The van der Waals surface area contributed by atoms with Crippen molar-refractivity contribution in [3.8, 4) is 0 Å². The maximum atomic E-state index is 11.1. The van der Waals surface area contributed by atoms with Crippen molar-refractivity contribution in [3.63, 3.8) is 0 Å². The van der Waals surface area contributed by atoms with Crippen LogP contribution in [0.2, 0.25) is 0 Å². The zero-order chi connectivity index (χ0) is 10.0. The van der Waals surface area contributed by atoms with Gasteiger partial charge in [-0.2, -0.15) is 0 Å². The van der Waals surface area contributed by atoms with E-state index in [2.05, 4.69) is 0 Å². The number of carbonyl (C=O) groups is 2. The van der Waals surface area contributed by atoms with E-state index in [0.717, 1.165) is 5.56 Å². The van der Waals surface area contributed by atoms with Crippen LogP contribution in [0.1, 0.15) is 40.1 Å². The Balaban J connectivity index is 3.35. The molecule has 0 fully saturated rings. The molecule has 0 saturated carbocycles. The van der Waals surface area contributed by atoms with Crippen molar-refractivity contribution in [1.29, 1.82) is 0 Å². The molecule has 0 bridgehead atoms. The zero-order valence-electron chi connectivity index (χ0n) is 8.05. The van der Waals surface area contributed by atoms with Crippen molar-refractivity contribution in [2.24, 2.45) is 0 Å². The summed E-state index contributed by atoms with van der Waals surface area (Å²) in [7, 11) is 0. The minimum atomic E-state index is 0.000556. The lowest BCUT2D eigenvalue weighted by Gasteiger charge is -2.05. The van der Waals surface area contributed by atoms with Crippen molar-refractivity contribution in [3.05, 3.63) is 34.9 Å². The molecular formula is C11H12O2. The molecule has 1 aromatic rings. The molecule has 0 unspecified atom stereocenters. The predicted molar refractivity (Wildman–Crippen MR) is 51.2 cm³/mol. The van der Waals surface area contributed by atoms with Gasteiger partial charge in [0.2, 0.25) is 0 Å². The van der Waals surface area contributed by atoms with Crippen LogP contribution in [0.15, 0.2) is 18.2 Å². The first kappa shape index (κ1) is 9.65. The van der Waals surface area contributed by atoms with Crippen molar-refractivity contribution in [2.45, 2.75) is 20.8 Å². The van der Waals surface area contributed by atoms with E-state index >= 15 is 0 Å². The minimum Gasteiger partial charge on any atom is -0.295 e. The van der Waals surface area contributed by atoms with Gasteiger partial charge in [0.05, 0.1) is 0 Å². The Hall–Kier alpha value is -1.44. The van der Waals surface area contributed by atoms with E-state index in [1.807, 2.05) is 0 Å². The molecule has 0 radical (unpaired) electrons. The van der Waals surface area contributed by atoms with Gasteiger partial charge in [-0.1, -0.05) is 18.2 Å². The molecule has 68 valence electrons. The topological polar surface area (TPSA) is 34.1 Å². The van der Waals surface area contributed by atoms with E-state index in [-0.39, 0.29) is 11.6 Å². The van der Waals surface area contributed by atoms with Gasteiger partial charge in [0, 0.05) is 11.1 Å². The number of Topliss-reactive ketones (excluding diaryl/α,β-unsaturated/α-hetero) is 2. The van der Waals surface area contributed by atoms with Gasteiger partial charge in [-0.15, -0.1) is 0 Å². The highest BCUT2D eigenvalue weighted by molar-refractivity contribution is 6.01. The highest BCUT2D eigenvalue weighted by atomic mass is 16.1. The fourth-order valence-corrected chi connectivity index (χ4v) is 1.40. The lowest BCUT2D eigenvalue weighted by atomic mass is 9.98. The molecule has 0 heterocycles. The maximum absolute atomic E-state index is 11.1. The smallest absolute Gasteiger partial charge is 0.160 e. The molecular weight excluding hydrogens is 164 g/mol. The summed E-state index contributed by atoms with van der Waals surface area (Å²) in [4.78, 5) is 22.3. The highest BCUT2D eigenvalue weighted by Gasteiger charge is 2.09. The van der Waals surface area contributed by atoms with Gasteiger partial charge < -0.3 is 0 Å². The fraction of sp³-hybridized carbons (Fsp3) is 0.273. The zero-order valence-corrected chi connectivity index (χ0v) is 8.05. The molecule has 0 aliphatic rings. The summed E-state index contributed by atoms with van der Waals surface area (Å²) in [6.07, 6.45) is 0. The summed E-state index contributed by atoms with van der Waals surface area (Å²) < 4.78 is 0. The van der Waals surface area contributed by atoms with Gasteiger partial charge in [-0.25, -0.2) is 0 Å². The fourth-order valence-electron chi connectivity index (χ4n) is 1.40. The van der Waals surface area contributed by atoms with Crippen LogP contribution in [0.5, 0.6) is 0 Å². The standard InChI is InChI=1S/C11H12O2/c1-7-10(8(2)12)5-4-6-11(7)9(3)13/h4-6H,1-3H3. The number of rotatable bonds is 2. The molecule has 0 aromatic heterocycles. The van der Waals surface area contributed by atoms with Gasteiger partial charge in [0.25, 0.3) is 0 Å². The normalized spacial score (nSPS) is 9.77. The number of carbonyl (C=O) groups excluding carboxylic acids is 2. The van der Waals surface area contributed by atoms with Gasteiger partial charge in [0.15, 0.2) is 11.6 Å². The Labute approximate surface area is 77.6 Å². The number of ketones is 2. The molecule has 0 saturated heterocycles. The lowest BCUT2D eigenvalue weighted by Crippen LogP contribution is -2.02.